The van der Waals surface area contributed by atoms with E-state index in [0.717, 1.165) is 34.7 Å². The highest BCUT2D eigenvalue weighted by molar-refractivity contribution is 7.80. The molecule has 1 rings (SSSR count). The third kappa shape index (κ3) is 1.67. The van der Waals surface area contributed by atoms with Gasteiger partial charge in [-0.15, -0.1) is 0 Å². The standard InChI is InChI=1S/C9H12N2S/c1-6(10-2)8-4-7(12)5-9(8)11-3/h3-5H2,1-2H3. The van der Waals surface area contributed by atoms with Crippen LogP contribution in [0.5, 0.6) is 0 Å². The summed E-state index contributed by atoms with van der Waals surface area (Å²) in [4.78, 5) is 9.10. The van der Waals surface area contributed by atoms with E-state index in [4.69, 9.17) is 12.2 Å². The van der Waals surface area contributed by atoms with Crippen molar-refractivity contribution in [2.24, 2.45) is 9.98 Å². The van der Waals surface area contributed by atoms with Crippen molar-refractivity contribution >= 4 is 29.5 Å². The smallest absolute Gasteiger partial charge is 0.0498 e. The molecule has 0 aliphatic heterocycles. The zero-order chi connectivity index (χ0) is 9.14. The van der Waals surface area contributed by atoms with Crippen LogP contribution >= 0.6 is 12.2 Å². The van der Waals surface area contributed by atoms with Gasteiger partial charge in [0.05, 0.1) is 0 Å². The Morgan fingerprint density at radius 1 is 1.50 bits per heavy atom. The zero-order valence-electron chi connectivity index (χ0n) is 7.42. The molecule has 0 aromatic carbocycles. The second-order valence-electron chi connectivity index (χ2n) is 2.78. The minimum atomic E-state index is 0.793. The Kier molecular flexibility index (Phi) is 2.87. The topological polar surface area (TPSA) is 24.7 Å². The lowest BCUT2D eigenvalue weighted by Gasteiger charge is -1.99. The van der Waals surface area contributed by atoms with Crippen LogP contribution in [0.1, 0.15) is 19.8 Å². The maximum atomic E-state index is 5.12. The van der Waals surface area contributed by atoms with Crippen LogP contribution in [-0.2, 0) is 0 Å². The average Bonchev–Trinajstić information content (AvgIpc) is 2.45. The lowest BCUT2D eigenvalue weighted by Crippen LogP contribution is -1.97. The van der Waals surface area contributed by atoms with Crippen LogP contribution in [0.4, 0.5) is 0 Å². The van der Waals surface area contributed by atoms with Gasteiger partial charge in [-0.3, -0.25) is 9.98 Å². The number of thiocarbonyl (C=S) groups is 1. The van der Waals surface area contributed by atoms with Crippen molar-refractivity contribution < 1.29 is 0 Å². The highest BCUT2D eigenvalue weighted by Crippen LogP contribution is 2.25. The molecule has 0 heterocycles. The maximum Gasteiger partial charge on any atom is 0.0498 e. The fourth-order valence-electron chi connectivity index (χ4n) is 1.28. The molecule has 0 unspecified atom stereocenters. The lowest BCUT2D eigenvalue weighted by atomic mass is 10.1. The minimum Gasteiger partial charge on any atom is -0.293 e. The first-order valence-electron chi connectivity index (χ1n) is 3.83. The molecule has 3 heteroatoms. The van der Waals surface area contributed by atoms with Crippen molar-refractivity contribution in [3.05, 3.63) is 11.3 Å². The Morgan fingerprint density at radius 3 is 2.67 bits per heavy atom. The second kappa shape index (κ2) is 3.72. The Labute approximate surface area is 78.1 Å². The zero-order valence-corrected chi connectivity index (χ0v) is 8.24. The Bertz CT molecular complexity index is 287. The van der Waals surface area contributed by atoms with Gasteiger partial charge >= 0.3 is 0 Å². The van der Waals surface area contributed by atoms with Crippen molar-refractivity contribution in [1.82, 2.24) is 0 Å². The number of aliphatic imine (C=N–C) groups is 2. The predicted octanol–water partition coefficient (Wildman–Crippen LogP) is 2.20. The first kappa shape index (κ1) is 9.26. The second-order valence-corrected chi connectivity index (χ2v) is 3.36. The highest BCUT2D eigenvalue weighted by atomic mass is 32.1. The maximum absolute atomic E-state index is 5.12. The van der Waals surface area contributed by atoms with Crippen molar-refractivity contribution in [3.63, 3.8) is 0 Å². The summed E-state index contributed by atoms with van der Waals surface area (Å²) in [6.45, 7) is 5.50. The fourth-order valence-corrected chi connectivity index (χ4v) is 1.56. The van der Waals surface area contributed by atoms with Crippen LogP contribution in [-0.4, -0.2) is 24.3 Å². The third-order valence-corrected chi connectivity index (χ3v) is 2.34. The first-order chi connectivity index (χ1) is 5.69. The third-order valence-electron chi connectivity index (χ3n) is 2.05. The van der Waals surface area contributed by atoms with E-state index in [1.165, 1.54) is 0 Å². The van der Waals surface area contributed by atoms with Gasteiger partial charge in [-0.05, 0) is 19.2 Å². The van der Waals surface area contributed by atoms with Gasteiger partial charge in [-0.25, -0.2) is 0 Å². The summed E-state index contributed by atoms with van der Waals surface area (Å²) in [5, 5.41) is 0. The molecule has 2 nitrogen and oxygen atoms in total. The number of hydrogen-bond acceptors (Lipinski definition) is 3. The normalized spacial score (nSPS) is 18.8. The van der Waals surface area contributed by atoms with Gasteiger partial charge in [0.15, 0.2) is 0 Å². The molecule has 0 bridgehead atoms. The fraction of sp³-hybridized carbons (Fsp3) is 0.444. The Balaban J connectivity index is 3.00. The van der Waals surface area contributed by atoms with Gasteiger partial charge in [0.1, 0.15) is 0 Å². The van der Waals surface area contributed by atoms with Gasteiger partial charge in [-0.2, -0.15) is 0 Å². The SMILES string of the molecule is C=NC1=C(C(C)=NC)CC(=S)C1. The van der Waals surface area contributed by atoms with Gasteiger partial charge in [-0.1, -0.05) is 12.2 Å². The van der Waals surface area contributed by atoms with E-state index in [0.29, 0.717) is 0 Å². The molecule has 0 N–H and O–H groups in total. The summed E-state index contributed by atoms with van der Waals surface area (Å²) < 4.78 is 0. The molecule has 0 amide bonds. The largest absolute Gasteiger partial charge is 0.293 e. The van der Waals surface area contributed by atoms with Crippen LogP contribution in [0, 0.1) is 0 Å². The lowest BCUT2D eigenvalue weighted by molar-refractivity contribution is 1.24. The average molecular weight is 180 g/mol. The molecule has 0 saturated heterocycles. The summed E-state index contributed by atoms with van der Waals surface area (Å²) in [5.74, 6) is 0. The van der Waals surface area contributed by atoms with Gasteiger partial charge in [0.2, 0.25) is 0 Å². The number of allylic oxidation sites excluding steroid dienone is 2. The van der Waals surface area contributed by atoms with Crippen molar-refractivity contribution in [2.75, 3.05) is 7.05 Å². The molecule has 0 saturated carbocycles. The summed E-state index contributed by atoms with van der Waals surface area (Å²) in [6, 6.07) is 0. The van der Waals surface area contributed by atoms with Crippen LogP contribution in [0.2, 0.25) is 0 Å². The van der Waals surface area contributed by atoms with Crippen LogP contribution in [0.25, 0.3) is 0 Å². The monoisotopic (exact) mass is 180 g/mol. The molecule has 64 valence electrons. The number of nitrogens with zero attached hydrogens (tertiary/aromatic N) is 2. The molecule has 1 aliphatic carbocycles. The Morgan fingerprint density at radius 2 is 2.17 bits per heavy atom. The minimum absolute atomic E-state index is 0.793. The Hall–Kier alpha value is -0.830. The number of rotatable bonds is 2. The summed E-state index contributed by atoms with van der Waals surface area (Å²) in [7, 11) is 1.78. The summed E-state index contributed by atoms with van der Waals surface area (Å²) in [5.41, 5.74) is 3.19. The quantitative estimate of drug-likeness (QED) is 0.472. The highest BCUT2D eigenvalue weighted by Gasteiger charge is 2.19. The van der Waals surface area contributed by atoms with E-state index in [1.807, 2.05) is 6.92 Å². The van der Waals surface area contributed by atoms with Gasteiger partial charge in [0, 0.05) is 36.2 Å². The van der Waals surface area contributed by atoms with Gasteiger partial charge < -0.3 is 0 Å². The number of hydrogen-bond donors (Lipinski definition) is 0. The molecule has 0 fully saturated rings. The molecular weight excluding hydrogens is 168 g/mol. The molecule has 0 spiro atoms. The van der Waals surface area contributed by atoms with E-state index in [1.54, 1.807) is 7.05 Å². The molecular formula is C9H12N2S. The van der Waals surface area contributed by atoms with E-state index in [2.05, 4.69) is 16.7 Å². The van der Waals surface area contributed by atoms with Crippen LogP contribution in [0.3, 0.4) is 0 Å². The van der Waals surface area contributed by atoms with Crippen molar-refractivity contribution in [2.45, 2.75) is 19.8 Å². The van der Waals surface area contributed by atoms with E-state index < -0.39 is 0 Å². The molecule has 0 radical (unpaired) electrons. The predicted molar refractivity (Wildman–Crippen MR) is 57.4 cm³/mol. The van der Waals surface area contributed by atoms with Crippen LogP contribution < -0.4 is 0 Å². The van der Waals surface area contributed by atoms with Crippen molar-refractivity contribution in [1.29, 1.82) is 0 Å². The molecule has 0 aromatic rings. The summed E-state index contributed by atoms with van der Waals surface area (Å²) >= 11 is 5.12. The first-order valence-corrected chi connectivity index (χ1v) is 4.24. The molecule has 1 aliphatic rings. The molecule has 0 aromatic heterocycles. The van der Waals surface area contributed by atoms with E-state index >= 15 is 0 Å². The van der Waals surface area contributed by atoms with Crippen LogP contribution in [0.15, 0.2) is 21.3 Å². The van der Waals surface area contributed by atoms with E-state index in [-0.39, 0.29) is 0 Å². The molecule has 0 atom stereocenters. The van der Waals surface area contributed by atoms with Gasteiger partial charge in [0.25, 0.3) is 0 Å². The summed E-state index contributed by atoms with van der Waals surface area (Å²) in [6.07, 6.45) is 1.63. The van der Waals surface area contributed by atoms with E-state index in [9.17, 15) is 0 Å². The van der Waals surface area contributed by atoms with Crippen molar-refractivity contribution in [3.8, 4) is 0 Å². The molecule has 12 heavy (non-hydrogen) atoms.